The zero-order chi connectivity index (χ0) is 13.8. The summed E-state index contributed by atoms with van der Waals surface area (Å²) in [5, 5.41) is 6.85. The Labute approximate surface area is 110 Å². The van der Waals surface area contributed by atoms with Crippen LogP contribution in [0.5, 0.6) is 0 Å². The van der Waals surface area contributed by atoms with Crippen LogP contribution in [0.2, 0.25) is 0 Å². The Morgan fingerprint density at radius 1 is 1.58 bits per heavy atom. The summed E-state index contributed by atoms with van der Waals surface area (Å²) in [5.41, 5.74) is 1.20. The van der Waals surface area contributed by atoms with Crippen LogP contribution in [0.15, 0.2) is 18.9 Å². The highest BCUT2D eigenvalue weighted by molar-refractivity contribution is 5.95. The SMILES string of the molecule is C=CCNC(=O)c1cnn2c1CN(C(=O)OC)CC2. The topological polar surface area (TPSA) is 76.5 Å². The van der Waals surface area contributed by atoms with Gasteiger partial charge in [-0.2, -0.15) is 5.10 Å². The van der Waals surface area contributed by atoms with E-state index in [2.05, 4.69) is 17.0 Å². The molecule has 2 heterocycles. The Morgan fingerprint density at radius 2 is 2.37 bits per heavy atom. The number of aromatic nitrogens is 2. The first-order valence-corrected chi connectivity index (χ1v) is 5.94. The van der Waals surface area contributed by atoms with Crippen LogP contribution in [0, 0.1) is 0 Å². The zero-order valence-electron chi connectivity index (χ0n) is 10.8. The van der Waals surface area contributed by atoms with Crippen LogP contribution in [0.1, 0.15) is 16.1 Å². The molecule has 0 atom stereocenters. The van der Waals surface area contributed by atoms with Gasteiger partial charge in [0.1, 0.15) is 0 Å². The summed E-state index contributed by atoms with van der Waals surface area (Å²) in [6.45, 7) is 5.34. The number of rotatable bonds is 3. The van der Waals surface area contributed by atoms with E-state index in [0.29, 0.717) is 31.7 Å². The van der Waals surface area contributed by atoms with E-state index in [1.54, 1.807) is 15.7 Å². The van der Waals surface area contributed by atoms with Gasteiger partial charge in [0.05, 0.1) is 37.7 Å². The molecule has 0 unspecified atom stereocenters. The molecule has 102 valence electrons. The van der Waals surface area contributed by atoms with Gasteiger partial charge in [0.15, 0.2) is 0 Å². The number of ether oxygens (including phenoxy) is 1. The maximum Gasteiger partial charge on any atom is 0.409 e. The van der Waals surface area contributed by atoms with Gasteiger partial charge in [-0.1, -0.05) is 6.08 Å². The minimum absolute atomic E-state index is 0.215. The third-order valence-electron chi connectivity index (χ3n) is 2.96. The van der Waals surface area contributed by atoms with Crippen molar-refractivity contribution in [3.05, 3.63) is 30.1 Å². The largest absolute Gasteiger partial charge is 0.453 e. The minimum atomic E-state index is -0.398. The summed E-state index contributed by atoms with van der Waals surface area (Å²) in [6, 6.07) is 0. The Morgan fingerprint density at radius 3 is 3.05 bits per heavy atom. The number of nitrogens with zero attached hydrogens (tertiary/aromatic N) is 3. The molecule has 1 aliphatic rings. The van der Waals surface area contributed by atoms with Crippen LogP contribution >= 0.6 is 0 Å². The van der Waals surface area contributed by atoms with Gasteiger partial charge < -0.3 is 15.0 Å². The molecule has 0 spiro atoms. The van der Waals surface area contributed by atoms with Crippen LogP contribution in [0.3, 0.4) is 0 Å². The van der Waals surface area contributed by atoms with E-state index in [1.165, 1.54) is 13.3 Å². The van der Waals surface area contributed by atoms with Crippen molar-refractivity contribution in [2.75, 3.05) is 20.2 Å². The molecule has 19 heavy (non-hydrogen) atoms. The molecule has 1 N–H and O–H groups in total. The first-order chi connectivity index (χ1) is 9.17. The second-order valence-corrected chi connectivity index (χ2v) is 4.12. The third kappa shape index (κ3) is 2.59. The van der Waals surface area contributed by atoms with E-state index in [1.807, 2.05) is 0 Å². The number of carbonyl (C=O) groups excluding carboxylic acids is 2. The molecule has 0 saturated heterocycles. The molecule has 0 radical (unpaired) electrons. The normalized spacial score (nSPS) is 13.6. The smallest absolute Gasteiger partial charge is 0.409 e. The lowest BCUT2D eigenvalue weighted by atomic mass is 10.2. The van der Waals surface area contributed by atoms with E-state index in [0.717, 1.165) is 5.69 Å². The predicted molar refractivity (Wildman–Crippen MR) is 67.6 cm³/mol. The monoisotopic (exact) mass is 264 g/mol. The molecule has 0 aliphatic carbocycles. The van der Waals surface area contributed by atoms with Crippen LogP contribution < -0.4 is 5.32 Å². The molecule has 2 rings (SSSR count). The summed E-state index contributed by atoms with van der Waals surface area (Å²) in [4.78, 5) is 25.0. The van der Waals surface area contributed by atoms with Crippen molar-refractivity contribution >= 4 is 12.0 Å². The van der Waals surface area contributed by atoms with Gasteiger partial charge in [-0.15, -0.1) is 6.58 Å². The predicted octanol–water partition coefficient (Wildman–Crippen LogP) is 0.381. The number of fused-ring (bicyclic) bond motifs is 1. The maximum absolute atomic E-state index is 11.9. The Bertz CT molecular complexity index is 509. The van der Waals surface area contributed by atoms with Crippen LogP contribution in [-0.4, -0.2) is 46.9 Å². The molecule has 0 aromatic carbocycles. The number of hydrogen-bond acceptors (Lipinski definition) is 4. The third-order valence-corrected chi connectivity index (χ3v) is 2.96. The average molecular weight is 264 g/mol. The fourth-order valence-corrected chi connectivity index (χ4v) is 1.98. The summed E-state index contributed by atoms with van der Waals surface area (Å²) in [7, 11) is 1.34. The highest BCUT2D eigenvalue weighted by atomic mass is 16.5. The van der Waals surface area contributed by atoms with E-state index in [-0.39, 0.29) is 5.91 Å². The summed E-state index contributed by atoms with van der Waals surface area (Å²) >= 11 is 0. The summed E-state index contributed by atoms with van der Waals surface area (Å²) < 4.78 is 6.43. The zero-order valence-corrected chi connectivity index (χ0v) is 10.8. The standard InChI is InChI=1S/C12H16N4O3/c1-3-4-13-11(17)9-7-14-16-6-5-15(8-10(9)16)12(18)19-2/h3,7H,1,4-6,8H2,2H3,(H,13,17). The van der Waals surface area contributed by atoms with Gasteiger partial charge >= 0.3 is 6.09 Å². The molecule has 1 aliphatic heterocycles. The second kappa shape index (κ2) is 5.55. The molecular formula is C12H16N4O3. The number of amides is 2. The van der Waals surface area contributed by atoms with E-state index in [4.69, 9.17) is 4.74 Å². The molecule has 0 fully saturated rings. The molecule has 1 aromatic heterocycles. The van der Waals surface area contributed by atoms with Crippen molar-refractivity contribution in [1.82, 2.24) is 20.0 Å². The first kappa shape index (κ1) is 13.1. The Kier molecular flexibility index (Phi) is 3.84. The lowest BCUT2D eigenvalue weighted by Crippen LogP contribution is -2.39. The first-order valence-electron chi connectivity index (χ1n) is 5.94. The molecule has 7 heteroatoms. The van der Waals surface area contributed by atoms with Gasteiger partial charge in [-0.25, -0.2) is 4.79 Å². The highest BCUT2D eigenvalue weighted by Gasteiger charge is 2.26. The minimum Gasteiger partial charge on any atom is -0.453 e. The van der Waals surface area contributed by atoms with E-state index >= 15 is 0 Å². The lowest BCUT2D eigenvalue weighted by Gasteiger charge is -2.26. The van der Waals surface area contributed by atoms with Crippen LogP contribution in [0.4, 0.5) is 4.79 Å². The Hall–Kier alpha value is -2.31. The second-order valence-electron chi connectivity index (χ2n) is 4.12. The van der Waals surface area contributed by atoms with Crippen molar-refractivity contribution in [2.24, 2.45) is 0 Å². The van der Waals surface area contributed by atoms with Crippen molar-refractivity contribution in [3.8, 4) is 0 Å². The average Bonchev–Trinajstić information content (AvgIpc) is 2.86. The summed E-state index contributed by atoms with van der Waals surface area (Å²) in [5.74, 6) is -0.215. The Balaban J connectivity index is 2.17. The number of nitrogens with one attached hydrogen (secondary N) is 1. The van der Waals surface area contributed by atoms with Gasteiger partial charge in [0, 0.05) is 13.1 Å². The molecule has 0 saturated carbocycles. The van der Waals surface area contributed by atoms with Crippen LogP contribution in [-0.2, 0) is 17.8 Å². The van der Waals surface area contributed by atoms with Gasteiger partial charge in [0.25, 0.3) is 5.91 Å². The molecule has 2 amide bonds. The van der Waals surface area contributed by atoms with Crippen molar-refractivity contribution in [1.29, 1.82) is 0 Å². The van der Waals surface area contributed by atoms with E-state index in [9.17, 15) is 9.59 Å². The van der Waals surface area contributed by atoms with E-state index < -0.39 is 6.09 Å². The van der Waals surface area contributed by atoms with Crippen molar-refractivity contribution in [3.63, 3.8) is 0 Å². The summed E-state index contributed by atoms with van der Waals surface area (Å²) in [6.07, 6.45) is 2.73. The quantitative estimate of drug-likeness (QED) is 0.801. The molecule has 7 nitrogen and oxygen atoms in total. The van der Waals surface area contributed by atoms with Crippen molar-refractivity contribution < 1.29 is 14.3 Å². The van der Waals surface area contributed by atoms with Gasteiger partial charge in [-0.3, -0.25) is 9.48 Å². The fraction of sp³-hybridized carbons (Fsp3) is 0.417. The molecule has 0 bridgehead atoms. The van der Waals surface area contributed by atoms with Crippen molar-refractivity contribution in [2.45, 2.75) is 13.1 Å². The maximum atomic E-state index is 11.9. The van der Waals surface area contributed by atoms with Gasteiger partial charge in [-0.05, 0) is 0 Å². The number of hydrogen-bond donors (Lipinski definition) is 1. The fourth-order valence-electron chi connectivity index (χ4n) is 1.98. The molecular weight excluding hydrogens is 248 g/mol. The lowest BCUT2D eigenvalue weighted by molar-refractivity contribution is 0.0946. The number of carbonyl (C=O) groups is 2. The van der Waals surface area contributed by atoms with Gasteiger partial charge in [0.2, 0.25) is 0 Å². The molecule has 1 aromatic rings. The van der Waals surface area contributed by atoms with Crippen LogP contribution in [0.25, 0.3) is 0 Å². The number of methoxy groups -OCH3 is 1. The highest BCUT2D eigenvalue weighted by Crippen LogP contribution is 2.17.